The molecule has 0 fully saturated rings. The van der Waals surface area contributed by atoms with Crippen molar-refractivity contribution >= 4 is 11.9 Å². The molecule has 1 amide bonds. The second-order valence-electron chi connectivity index (χ2n) is 6.10. The van der Waals surface area contributed by atoms with Gasteiger partial charge in [0.25, 0.3) is 0 Å². The summed E-state index contributed by atoms with van der Waals surface area (Å²) in [7, 11) is 0. The lowest BCUT2D eigenvalue weighted by Crippen LogP contribution is -2.49. The Hall–Kier alpha value is -1.06. The highest BCUT2D eigenvalue weighted by atomic mass is 16.5. The maximum absolute atomic E-state index is 12.0. The molecule has 2 unspecified atom stereocenters. The summed E-state index contributed by atoms with van der Waals surface area (Å²) < 4.78 is 5.28. The molecule has 4 nitrogen and oxygen atoms in total. The number of amides is 1. The molecule has 106 valence electrons. The molecule has 0 aromatic heterocycles. The smallest absolute Gasteiger partial charge is 0.329 e. The lowest BCUT2D eigenvalue weighted by Gasteiger charge is -2.26. The minimum atomic E-state index is -0.578. The van der Waals surface area contributed by atoms with Gasteiger partial charge in [0.1, 0.15) is 6.04 Å². The van der Waals surface area contributed by atoms with Gasteiger partial charge in [-0.25, -0.2) is 4.79 Å². The Bertz CT molecular complexity index is 292. The van der Waals surface area contributed by atoms with Crippen molar-refractivity contribution in [2.24, 2.45) is 11.3 Å². The first kappa shape index (κ1) is 16.9. The number of nitrogens with one attached hydrogen (secondary N) is 1. The summed E-state index contributed by atoms with van der Waals surface area (Å²) in [6, 6.07) is -0.578. The van der Waals surface area contributed by atoms with Crippen LogP contribution < -0.4 is 5.32 Å². The van der Waals surface area contributed by atoms with Gasteiger partial charge in [-0.1, -0.05) is 41.5 Å². The van der Waals surface area contributed by atoms with Crippen molar-refractivity contribution in [2.75, 3.05) is 0 Å². The Morgan fingerprint density at radius 3 is 2.00 bits per heavy atom. The van der Waals surface area contributed by atoms with E-state index in [1.807, 2.05) is 48.5 Å². The Morgan fingerprint density at radius 1 is 1.17 bits per heavy atom. The minimum absolute atomic E-state index is 0.00727. The van der Waals surface area contributed by atoms with Crippen LogP contribution in [-0.4, -0.2) is 24.0 Å². The van der Waals surface area contributed by atoms with Gasteiger partial charge in [-0.05, 0) is 19.3 Å². The molecule has 0 aliphatic rings. The van der Waals surface area contributed by atoms with E-state index in [-0.39, 0.29) is 23.9 Å². The largest absolute Gasteiger partial charge is 0.461 e. The van der Waals surface area contributed by atoms with Crippen LogP contribution in [-0.2, 0) is 14.3 Å². The zero-order valence-corrected chi connectivity index (χ0v) is 12.7. The lowest BCUT2D eigenvalue weighted by molar-refractivity contribution is -0.154. The van der Waals surface area contributed by atoms with Gasteiger partial charge in [-0.15, -0.1) is 0 Å². The third kappa shape index (κ3) is 5.52. The first-order valence-corrected chi connectivity index (χ1v) is 6.61. The van der Waals surface area contributed by atoms with Crippen LogP contribution in [0.5, 0.6) is 0 Å². The number of esters is 1. The first-order valence-electron chi connectivity index (χ1n) is 6.61. The predicted molar refractivity (Wildman–Crippen MR) is 72.1 cm³/mol. The summed E-state index contributed by atoms with van der Waals surface area (Å²) in [5.74, 6) is -0.480. The molecule has 1 N–H and O–H groups in total. The number of carbonyl (C=O) groups excluding carboxylic acids is 2. The highest BCUT2D eigenvalue weighted by Gasteiger charge is 2.30. The van der Waals surface area contributed by atoms with Gasteiger partial charge in [0, 0.05) is 5.41 Å². The molecule has 18 heavy (non-hydrogen) atoms. The summed E-state index contributed by atoms with van der Waals surface area (Å²) in [6.45, 7) is 13.0. The molecular formula is C14H27NO3. The van der Waals surface area contributed by atoms with E-state index in [2.05, 4.69) is 5.32 Å². The number of hydrogen-bond donors (Lipinski definition) is 1. The van der Waals surface area contributed by atoms with Crippen LogP contribution in [0.15, 0.2) is 0 Å². The maximum atomic E-state index is 12.0. The zero-order chi connectivity index (χ0) is 14.5. The molecule has 0 aromatic rings. The first-order chi connectivity index (χ1) is 8.09. The van der Waals surface area contributed by atoms with Crippen LogP contribution in [0.1, 0.15) is 54.9 Å². The Balaban J connectivity index is 4.68. The van der Waals surface area contributed by atoms with E-state index in [1.165, 1.54) is 0 Å². The van der Waals surface area contributed by atoms with Gasteiger partial charge in [-0.3, -0.25) is 4.79 Å². The van der Waals surface area contributed by atoms with Crippen LogP contribution in [0, 0.1) is 11.3 Å². The van der Waals surface area contributed by atoms with Crippen LogP contribution >= 0.6 is 0 Å². The van der Waals surface area contributed by atoms with Gasteiger partial charge in [-0.2, -0.15) is 0 Å². The molecular weight excluding hydrogens is 230 g/mol. The van der Waals surface area contributed by atoms with E-state index in [1.54, 1.807) is 0 Å². The highest BCUT2D eigenvalue weighted by molar-refractivity contribution is 5.87. The summed E-state index contributed by atoms with van der Waals surface area (Å²) in [4.78, 5) is 23.9. The number of carbonyl (C=O) groups is 2. The van der Waals surface area contributed by atoms with Crippen LogP contribution in [0.4, 0.5) is 0 Å². The molecule has 0 saturated carbocycles. The van der Waals surface area contributed by atoms with E-state index >= 15 is 0 Å². The molecule has 0 aliphatic carbocycles. The molecule has 0 radical (unpaired) electrons. The van der Waals surface area contributed by atoms with Gasteiger partial charge >= 0.3 is 5.97 Å². The zero-order valence-electron chi connectivity index (χ0n) is 12.7. The Morgan fingerprint density at radius 2 is 1.67 bits per heavy atom. The number of hydrogen-bond acceptors (Lipinski definition) is 3. The molecule has 0 aliphatic heterocycles. The summed E-state index contributed by atoms with van der Waals surface area (Å²) in [6.07, 6.45) is 0.648. The molecule has 2 atom stereocenters. The molecule has 0 aromatic carbocycles. The average molecular weight is 257 g/mol. The van der Waals surface area contributed by atoms with Crippen molar-refractivity contribution in [1.82, 2.24) is 5.32 Å². The van der Waals surface area contributed by atoms with E-state index < -0.39 is 11.5 Å². The van der Waals surface area contributed by atoms with E-state index in [0.29, 0.717) is 0 Å². The Labute approximate surface area is 110 Å². The van der Waals surface area contributed by atoms with E-state index in [0.717, 1.165) is 6.42 Å². The van der Waals surface area contributed by atoms with E-state index in [9.17, 15) is 9.59 Å². The molecule has 0 saturated heterocycles. The molecule has 4 heteroatoms. The second-order valence-corrected chi connectivity index (χ2v) is 6.10. The fraction of sp³-hybridized carbons (Fsp3) is 0.857. The third-order valence-corrected chi connectivity index (χ3v) is 2.78. The second kappa shape index (κ2) is 6.76. The minimum Gasteiger partial charge on any atom is -0.461 e. The van der Waals surface area contributed by atoms with Gasteiger partial charge in [0.2, 0.25) is 5.91 Å². The normalized spacial score (nSPS) is 15.1. The monoisotopic (exact) mass is 257 g/mol. The summed E-state index contributed by atoms with van der Waals surface area (Å²) in [5, 5.41) is 2.77. The molecule has 0 spiro atoms. The van der Waals surface area contributed by atoms with Gasteiger partial charge in [0.15, 0.2) is 0 Å². The predicted octanol–water partition coefficient (Wildman–Crippen LogP) is 2.52. The summed E-state index contributed by atoms with van der Waals surface area (Å²) >= 11 is 0. The topological polar surface area (TPSA) is 55.4 Å². The van der Waals surface area contributed by atoms with Crippen molar-refractivity contribution in [3.63, 3.8) is 0 Å². The standard InChI is InChI=1S/C14H27NO3/c1-8-10(4)18-12(16)11(9(2)3)15-13(17)14(5,6)7/h9-11H,8H2,1-7H3,(H,15,17). The number of rotatable bonds is 5. The SMILES string of the molecule is CCC(C)OC(=O)C(NC(=O)C(C)(C)C)C(C)C. The fourth-order valence-electron chi connectivity index (χ4n) is 1.21. The van der Waals surface area contributed by atoms with Gasteiger partial charge < -0.3 is 10.1 Å². The quantitative estimate of drug-likeness (QED) is 0.770. The third-order valence-electron chi connectivity index (χ3n) is 2.78. The maximum Gasteiger partial charge on any atom is 0.329 e. The van der Waals surface area contributed by atoms with Crippen molar-refractivity contribution in [3.8, 4) is 0 Å². The van der Waals surface area contributed by atoms with Crippen molar-refractivity contribution in [3.05, 3.63) is 0 Å². The van der Waals surface area contributed by atoms with Gasteiger partial charge in [0.05, 0.1) is 6.10 Å². The van der Waals surface area contributed by atoms with Crippen LogP contribution in [0.2, 0.25) is 0 Å². The Kier molecular flexibility index (Phi) is 6.36. The average Bonchev–Trinajstić information content (AvgIpc) is 2.22. The van der Waals surface area contributed by atoms with E-state index in [4.69, 9.17) is 4.74 Å². The molecule has 0 bridgehead atoms. The fourth-order valence-corrected chi connectivity index (χ4v) is 1.21. The number of ether oxygens (including phenoxy) is 1. The highest BCUT2D eigenvalue weighted by Crippen LogP contribution is 2.15. The van der Waals surface area contributed by atoms with Crippen molar-refractivity contribution in [2.45, 2.75) is 67.0 Å². The molecule has 0 heterocycles. The van der Waals surface area contributed by atoms with Crippen LogP contribution in [0.3, 0.4) is 0 Å². The lowest BCUT2D eigenvalue weighted by atomic mass is 9.94. The molecule has 0 rings (SSSR count). The van der Waals surface area contributed by atoms with Crippen molar-refractivity contribution < 1.29 is 14.3 Å². The summed E-state index contributed by atoms with van der Waals surface area (Å²) in [5.41, 5.74) is -0.510. The van der Waals surface area contributed by atoms with Crippen molar-refractivity contribution in [1.29, 1.82) is 0 Å². The van der Waals surface area contributed by atoms with Crippen LogP contribution in [0.25, 0.3) is 0 Å².